The zero-order valence-corrected chi connectivity index (χ0v) is 18.0. The summed E-state index contributed by atoms with van der Waals surface area (Å²) < 4.78 is 5.38. The number of carbonyl (C=O) groups excluding carboxylic acids is 1. The number of hydrogen-bond acceptors (Lipinski definition) is 6. The van der Waals surface area contributed by atoms with Crippen LogP contribution in [0.15, 0.2) is 59.8 Å². The molecule has 0 fully saturated rings. The molecule has 0 saturated heterocycles. The van der Waals surface area contributed by atoms with Crippen molar-refractivity contribution in [2.45, 2.75) is 46.1 Å². The second kappa shape index (κ2) is 11.3. The first-order valence-corrected chi connectivity index (χ1v) is 10.2. The fraction of sp³-hybridized carbons (Fsp3) is 0.435. The fourth-order valence-electron chi connectivity index (χ4n) is 3.56. The van der Waals surface area contributed by atoms with E-state index in [-0.39, 0.29) is 17.7 Å². The van der Waals surface area contributed by atoms with Gasteiger partial charge in [0, 0.05) is 24.0 Å². The number of hydroxylamine groups is 1. The second-order valence-electron chi connectivity index (χ2n) is 7.93. The van der Waals surface area contributed by atoms with Crippen LogP contribution < -0.4 is 10.8 Å². The van der Waals surface area contributed by atoms with Gasteiger partial charge in [0.1, 0.15) is 6.04 Å². The Balaban J connectivity index is 2.30. The molecule has 0 aliphatic heterocycles. The van der Waals surface area contributed by atoms with E-state index in [1.54, 1.807) is 13.0 Å². The van der Waals surface area contributed by atoms with Crippen LogP contribution in [0.5, 0.6) is 0 Å². The van der Waals surface area contributed by atoms with Crippen molar-refractivity contribution >= 4 is 5.91 Å². The monoisotopic (exact) mass is 412 g/mol. The van der Waals surface area contributed by atoms with Gasteiger partial charge in [-0.1, -0.05) is 62.0 Å². The van der Waals surface area contributed by atoms with Gasteiger partial charge >= 0.3 is 0 Å². The van der Waals surface area contributed by atoms with Gasteiger partial charge < -0.3 is 9.84 Å². The maximum Gasteiger partial charge on any atom is 0.249 e. The molecule has 0 aliphatic rings. The lowest BCUT2D eigenvalue weighted by Gasteiger charge is -2.29. The SMILES string of the molecule is C=CC[C@H](C(=C)NO)[C@@H](CC(C)C)C(=O)N[C@@H](Cc1ccccc1)c1nc(C)no1. The Bertz CT molecular complexity index is 832. The summed E-state index contributed by atoms with van der Waals surface area (Å²) >= 11 is 0. The summed E-state index contributed by atoms with van der Waals surface area (Å²) in [7, 11) is 0. The number of allylic oxidation sites excluding steroid dienone is 2. The summed E-state index contributed by atoms with van der Waals surface area (Å²) in [5.41, 5.74) is 3.56. The van der Waals surface area contributed by atoms with Crippen LogP contribution in [0, 0.1) is 24.7 Å². The summed E-state index contributed by atoms with van der Waals surface area (Å²) in [6.45, 7) is 13.5. The molecule has 3 atom stereocenters. The number of hydrogen-bond donors (Lipinski definition) is 3. The van der Waals surface area contributed by atoms with Gasteiger partial charge in [0.05, 0.1) is 0 Å². The molecule has 0 aliphatic carbocycles. The first kappa shape index (κ1) is 23.3. The van der Waals surface area contributed by atoms with E-state index in [1.165, 1.54) is 0 Å². The summed E-state index contributed by atoms with van der Waals surface area (Å²) in [6.07, 6.45) is 3.40. The molecule has 162 valence electrons. The van der Waals surface area contributed by atoms with Crippen molar-refractivity contribution < 1.29 is 14.5 Å². The van der Waals surface area contributed by atoms with Crippen LogP contribution in [0.4, 0.5) is 0 Å². The van der Waals surface area contributed by atoms with Crippen molar-refractivity contribution in [3.05, 3.63) is 72.5 Å². The third kappa shape index (κ3) is 6.56. The first-order chi connectivity index (χ1) is 14.3. The van der Waals surface area contributed by atoms with Crippen LogP contribution in [0.3, 0.4) is 0 Å². The lowest BCUT2D eigenvalue weighted by Crippen LogP contribution is -2.40. The van der Waals surface area contributed by atoms with Gasteiger partial charge in [-0.05, 0) is 31.2 Å². The lowest BCUT2D eigenvalue weighted by atomic mass is 9.81. The molecule has 1 aromatic carbocycles. The van der Waals surface area contributed by atoms with E-state index >= 15 is 0 Å². The summed E-state index contributed by atoms with van der Waals surface area (Å²) in [6, 6.07) is 9.37. The molecule has 7 nitrogen and oxygen atoms in total. The predicted molar refractivity (Wildman–Crippen MR) is 115 cm³/mol. The van der Waals surface area contributed by atoms with Crippen molar-refractivity contribution in [3.63, 3.8) is 0 Å². The van der Waals surface area contributed by atoms with Crippen LogP contribution in [0.2, 0.25) is 0 Å². The third-order valence-corrected chi connectivity index (χ3v) is 5.00. The molecular formula is C23H32N4O3. The molecule has 2 aromatic rings. The number of amides is 1. The van der Waals surface area contributed by atoms with E-state index in [2.05, 4.69) is 47.9 Å². The van der Waals surface area contributed by atoms with Gasteiger partial charge in [-0.25, -0.2) is 0 Å². The quantitative estimate of drug-likeness (QED) is 0.358. The van der Waals surface area contributed by atoms with E-state index in [4.69, 9.17) is 4.52 Å². The van der Waals surface area contributed by atoms with Crippen LogP contribution in [-0.4, -0.2) is 21.3 Å². The van der Waals surface area contributed by atoms with Crippen LogP contribution in [0.1, 0.15) is 50.0 Å². The Hall–Kier alpha value is -2.93. The van der Waals surface area contributed by atoms with E-state index in [0.29, 0.717) is 36.7 Å². The number of benzene rings is 1. The van der Waals surface area contributed by atoms with Crippen LogP contribution in [0.25, 0.3) is 0 Å². The predicted octanol–water partition coefficient (Wildman–Crippen LogP) is 4.13. The standard InChI is InChI=1S/C23H32N4O3/c1-6-10-19(16(4)26-29)20(13-15(2)3)22(28)25-21(23-24-17(5)27-30-23)14-18-11-8-7-9-12-18/h6-9,11-12,15,19-21,26,29H,1,4,10,13-14H2,2-3,5H3,(H,25,28)/t19-,20-,21+/m1/s1. The summed E-state index contributed by atoms with van der Waals surface area (Å²) in [5.74, 6) is 0.307. The molecule has 2 rings (SSSR count). The zero-order chi connectivity index (χ0) is 22.1. The molecule has 0 bridgehead atoms. The summed E-state index contributed by atoms with van der Waals surface area (Å²) in [4.78, 5) is 17.7. The summed E-state index contributed by atoms with van der Waals surface area (Å²) in [5, 5.41) is 16.4. The number of aromatic nitrogens is 2. The smallest absolute Gasteiger partial charge is 0.249 e. The number of rotatable bonds is 12. The molecule has 0 saturated carbocycles. The topological polar surface area (TPSA) is 100 Å². The van der Waals surface area contributed by atoms with Gasteiger partial charge in [0.25, 0.3) is 0 Å². The van der Waals surface area contributed by atoms with Crippen LogP contribution >= 0.6 is 0 Å². The Morgan fingerprint density at radius 2 is 1.97 bits per heavy atom. The van der Waals surface area contributed by atoms with Gasteiger partial charge in [0.15, 0.2) is 5.82 Å². The fourth-order valence-corrected chi connectivity index (χ4v) is 3.56. The normalized spacial score (nSPS) is 14.0. The minimum atomic E-state index is -0.463. The third-order valence-electron chi connectivity index (χ3n) is 5.00. The molecule has 7 heteroatoms. The lowest BCUT2D eigenvalue weighted by molar-refractivity contribution is -0.128. The molecule has 30 heavy (non-hydrogen) atoms. The average Bonchev–Trinajstić information content (AvgIpc) is 3.16. The average molecular weight is 413 g/mol. The van der Waals surface area contributed by atoms with Crippen molar-refractivity contribution in [1.29, 1.82) is 0 Å². The molecule has 3 N–H and O–H groups in total. The highest BCUT2D eigenvalue weighted by Gasteiger charge is 2.33. The molecule has 1 aromatic heterocycles. The minimum absolute atomic E-state index is 0.149. The highest BCUT2D eigenvalue weighted by molar-refractivity contribution is 5.79. The Kier molecular flexibility index (Phi) is 8.80. The highest BCUT2D eigenvalue weighted by Crippen LogP contribution is 2.29. The molecule has 1 heterocycles. The maximum absolute atomic E-state index is 13.4. The van der Waals surface area contributed by atoms with Gasteiger partial charge in [-0.2, -0.15) is 4.98 Å². The molecule has 0 spiro atoms. The minimum Gasteiger partial charge on any atom is -0.344 e. The molecule has 0 radical (unpaired) electrons. The number of aryl methyl sites for hydroxylation is 1. The zero-order valence-electron chi connectivity index (χ0n) is 18.0. The van der Waals surface area contributed by atoms with Crippen LogP contribution in [-0.2, 0) is 11.2 Å². The Morgan fingerprint density at radius 3 is 2.50 bits per heavy atom. The maximum atomic E-state index is 13.4. The van der Waals surface area contributed by atoms with E-state index in [0.717, 1.165) is 5.56 Å². The van der Waals surface area contributed by atoms with E-state index < -0.39 is 12.0 Å². The number of nitrogens with zero attached hydrogens (tertiary/aromatic N) is 2. The van der Waals surface area contributed by atoms with E-state index in [1.807, 2.05) is 30.3 Å². The van der Waals surface area contributed by atoms with Crippen molar-refractivity contribution in [2.24, 2.45) is 17.8 Å². The van der Waals surface area contributed by atoms with E-state index in [9.17, 15) is 10.0 Å². The molecule has 1 amide bonds. The molecular weight excluding hydrogens is 380 g/mol. The number of nitrogens with one attached hydrogen (secondary N) is 2. The Morgan fingerprint density at radius 1 is 1.27 bits per heavy atom. The van der Waals surface area contributed by atoms with Gasteiger partial charge in [-0.3, -0.25) is 15.5 Å². The highest BCUT2D eigenvalue weighted by atomic mass is 16.5. The van der Waals surface area contributed by atoms with Crippen molar-refractivity contribution in [3.8, 4) is 0 Å². The Labute approximate surface area is 178 Å². The number of carbonyl (C=O) groups is 1. The first-order valence-electron chi connectivity index (χ1n) is 10.2. The molecule has 0 unspecified atom stereocenters. The second-order valence-corrected chi connectivity index (χ2v) is 7.93. The van der Waals surface area contributed by atoms with Crippen molar-refractivity contribution in [1.82, 2.24) is 20.9 Å². The van der Waals surface area contributed by atoms with Gasteiger partial charge in [-0.15, -0.1) is 6.58 Å². The van der Waals surface area contributed by atoms with Crippen molar-refractivity contribution in [2.75, 3.05) is 0 Å². The van der Waals surface area contributed by atoms with Gasteiger partial charge in [0.2, 0.25) is 11.8 Å². The largest absolute Gasteiger partial charge is 0.344 e.